The zero-order valence-corrected chi connectivity index (χ0v) is 20.6. The van der Waals surface area contributed by atoms with Crippen molar-refractivity contribution in [3.8, 4) is 11.5 Å². The monoisotopic (exact) mass is 481 g/mol. The summed E-state index contributed by atoms with van der Waals surface area (Å²) in [6, 6.07) is 13.0. The summed E-state index contributed by atoms with van der Waals surface area (Å²) >= 11 is 0. The van der Waals surface area contributed by atoms with E-state index in [1.165, 1.54) is 7.11 Å². The number of hydrogen-bond acceptors (Lipinski definition) is 8. The van der Waals surface area contributed by atoms with Gasteiger partial charge in [0.2, 0.25) is 5.91 Å². The van der Waals surface area contributed by atoms with E-state index in [9.17, 15) is 9.59 Å². The number of anilines is 1. The number of amides is 1. The lowest BCUT2D eigenvalue weighted by Crippen LogP contribution is -2.32. The number of fused-ring (bicyclic) bond motifs is 1. The third-order valence-corrected chi connectivity index (χ3v) is 5.39. The summed E-state index contributed by atoms with van der Waals surface area (Å²) in [5, 5.41) is 5.84. The van der Waals surface area contributed by atoms with Crippen LogP contribution in [0, 0.1) is 0 Å². The number of aromatic nitrogens is 2. The fourth-order valence-electron chi connectivity index (χ4n) is 3.65. The van der Waals surface area contributed by atoms with Crippen LogP contribution in [-0.4, -0.2) is 70.2 Å². The molecule has 0 unspecified atom stereocenters. The van der Waals surface area contributed by atoms with E-state index in [-0.39, 0.29) is 31.3 Å². The summed E-state index contributed by atoms with van der Waals surface area (Å²) in [7, 11) is 8.16. The van der Waals surface area contributed by atoms with Gasteiger partial charge in [0.25, 0.3) is 0 Å². The number of ether oxygens (including phenoxy) is 3. The second-order valence-corrected chi connectivity index (χ2v) is 7.66. The maximum atomic E-state index is 13.5. The van der Waals surface area contributed by atoms with Crippen molar-refractivity contribution < 1.29 is 23.8 Å². The summed E-state index contributed by atoms with van der Waals surface area (Å²) in [5.41, 5.74) is 2.64. The van der Waals surface area contributed by atoms with Gasteiger partial charge in [-0.05, 0) is 12.1 Å². The molecule has 0 saturated carbocycles. The van der Waals surface area contributed by atoms with Gasteiger partial charge in [-0.2, -0.15) is 0 Å². The lowest BCUT2D eigenvalue weighted by atomic mass is 10.1. The van der Waals surface area contributed by atoms with Gasteiger partial charge < -0.3 is 34.7 Å². The second kappa shape index (κ2) is 11.9. The molecule has 3 rings (SSSR count). The molecular formula is C25H31N5O5. The van der Waals surface area contributed by atoms with E-state index in [4.69, 9.17) is 14.2 Å². The van der Waals surface area contributed by atoms with Gasteiger partial charge in [0.05, 0.1) is 25.3 Å². The molecule has 0 aliphatic heterocycles. The minimum atomic E-state index is -0.288. The number of rotatable bonds is 12. The quantitative estimate of drug-likeness (QED) is 0.338. The van der Waals surface area contributed by atoms with Gasteiger partial charge in [-0.1, -0.05) is 12.1 Å². The number of ketones is 1. The number of H-pyrrole nitrogens is 1. The van der Waals surface area contributed by atoms with Crippen LogP contribution < -0.4 is 25.0 Å². The number of para-hydroxylation sites is 2. The summed E-state index contributed by atoms with van der Waals surface area (Å²) in [4.78, 5) is 35.0. The van der Waals surface area contributed by atoms with Gasteiger partial charge in [0, 0.05) is 58.1 Å². The molecule has 1 aromatic heterocycles. The molecule has 1 heterocycles. The van der Waals surface area contributed by atoms with Gasteiger partial charge in [-0.15, -0.1) is 0 Å². The highest BCUT2D eigenvalue weighted by Gasteiger charge is 2.24. The molecule has 2 aromatic carbocycles. The van der Waals surface area contributed by atoms with Crippen LogP contribution in [0.2, 0.25) is 0 Å². The Labute approximate surface area is 204 Å². The Morgan fingerprint density at radius 2 is 1.74 bits per heavy atom. The average molecular weight is 482 g/mol. The molecule has 10 nitrogen and oxygen atoms in total. The van der Waals surface area contributed by atoms with Crippen molar-refractivity contribution in [2.75, 3.05) is 53.5 Å². The summed E-state index contributed by atoms with van der Waals surface area (Å²) in [6.45, 7) is 0.0983. The molecule has 35 heavy (non-hydrogen) atoms. The van der Waals surface area contributed by atoms with Gasteiger partial charge in [0.15, 0.2) is 5.78 Å². The molecule has 10 heteroatoms. The molecule has 3 N–H and O–H groups in total. The Morgan fingerprint density at radius 3 is 2.34 bits per heavy atom. The van der Waals surface area contributed by atoms with Crippen LogP contribution in [-0.2, 0) is 14.3 Å². The van der Waals surface area contributed by atoms with Crippen LogP contribution in [0.15, 0.2) is 48.3 Å². The zero-order chi connectivity index (χ0) is 25.4. The maximum Gasteiger partial charge on any atom is 0.245 e. The van der Waals surface area contributed by atoms with Crippen LogP contribution in [0.1, 0.15) is 12.2 Å². The van der Waals surface area contributed by atoms with Crippen LogP contribution >= 0.6 is 0 Å². The fourth-order valence-corrected chi connectivity index (χ4v) is 3.65. The number of benzene rings is 2. The minimum absolute atomic E-state index is 0.0668. The predicted molar refractivity (Wildman–Crippen MR) is 135 cm³/mol. The number of nitrogens with one attached hydrogen (secondary N) is 3. The number of aromatic amines is 1. The molecule has 0 aliphatic rings. The molecule has 0 radical (unpaired) electrons. The molecule has 186 valence electrons. The SMILES string of the molecule is CN/C(=C(/C(=O)CCNC(=O)COC)c1nc2ccccc2[nH]1)N(C)c1cc(OC)cc(OC)c1. The fraction of sp³-hybridized carbons (Fsp3) is 0.320. The van der Waals surface area contributed by atoms with Crippen LogP contribution in [0.5, 0.6) is 11.5 Å². The first-order valence-corrected chi connectivity index (χ1v) is 11.0. The summed E-state index contributed by atoms with van der Waals surface area (Å²) in [5.74, 6) is 1.67. The molecular weight excluding hydrogens is 450 g/mol. The normalized spacial score (nSPS) is 11.6. The van der Waals surface area contributed by atoms with E-state index < -0.39 is 0 Å². The lowest BCUT2D eigenvalue weighted by Gasteiger charge is -2.26. The maximum absolute atomic E-state index is 13.5. The Bertz CT molecular complexity index is 1160. The lowest BCUT2D eigenvalue weighted by molar-refractivity contribution is -0.124. The number of nitrogens with zero attached hydrogens (tertiary/aromatic N) is 2. The highest BCUT2D eigenvalue weighted by Crippen LogP contribution is 2.31. The molecule has 0 aliphatic carbocycles. The Morgan fingerprint density at radius 1 is 1.06 bits per heavy atom. The Kier molecular flexibility index (Phi) is 8.69. The number of methoxy groups -OCH3 is 3. The standard InChI is InChI=1S/C25H31N5O5/c1-26-25(30(2)16-12-17(34-4)14-18(13-16)35-5)23(21(31)10-11-27-22(32)15-33-3)24-28-19-8-6-7-9-20(19)29-24/h6-9,12-14,26H,10-11,15H2,1-5H3,(H,27,32)(H,28,29)/b25-23+. The third-order valence-electron chi connectivity index (χ3n) is 5.39. The first-order valence-electron chi connectivity index (χ1n) is 11.0. The van der Waals surface area contributed by atoms with Crippen molar-refractivity contribution in [1.29, 1.82) is 0 Å². The Balaban J connectivity index is 2.06. The largest absolute Gasteiger partial charge is 0.497 e. The number of imidazole rings is 1. The van der Waals surface area contributed by atoms with E-state index in [0.29, 0.717) is 28.7 Å². The molecule has 0 spiro atoms. The van der Waals surface area contributed by atoms with Gasteiger partial charge in [0.1, 0.15) is 35.3 Å². The van der Waals surface area contributed by atoms with Crippen molar-refractivity contribution in [2.45, 2.75) is 6.42 Å². The van der Waals surface area contributed by atoms with E-state index in [0.717, 1.165) is 16.7 Å². The van der Waals surface area contributed by atoms with Crippen molar-refractivity contribution in [3.63, 3.8) is 0 Å². The molecule has 3 aromatic rings. The molecule has 1 amide bonds. The van der Waals surface area contributed by atoms with Crippen molar-refractivity contribution in [3.05, 3.63) is 54.1 Å². The highest BCUT2D eigenvalue weighted by atomic mass is 16.5. The van der Waals surface area contributed by atoms with Crippen LogP contribution in [0.25, 0.3) is 16.6 Å². The molecule has 0 fully saturated rings. The average Bonchev–Trinajstić information content (AvgIpc) is 3.30. The number of Topliss-reactive ketones (excluding diaryl/α,β-unsaturated/α-hetero) is 1. The smallest absolute Gasteiger partial charge is 0.245 e. The molecule has 0 bridgehead atoms. The summed E-state index contributed by atoms with van der Waals surface area (Å²) in [6.07, 6.45) is 0.0717. The van der Waals surface area contributed by atoms with E-state index in [1.54, 1.807) is 27.3 Å². The summed E-state index contributed by atoms with van der Waals surface area (Å²) < 4.78 is 15.6. The third kappa shape index (κ3) is 6.10. The first kappa shape index (κ1) is 25.6. The number of carbonyl (C=O) groups excluding carboxylic acids is 2. The van der Waals surface area contributed by atoms with Crippen molar-refractivity contribution in [1.82, 2.24) is 20.6 Å². The molecule has 0 atom stereocenters. The number of carbonyl (C=O) groups is 2. The van der Waals surface area contributed by atoms with Crippen molar-refractivity contribution in [2.24, 2.45) is 0 Å². The van der Waals surface area contributed by atoms with Gasteiger partial charge in [-0.3, -0.25) is 9.59 Å². The van der Waals surface area contributed by atoms with Crippen molar-refractivity contribution >= 4 is 34.0 Å². The number of hydrogen-bond donors (Lipinski definition) is 3. The number of allylic oxidation sites excluding steroid dienone is 1. The van der Waals surface area contributed by atoms with E-state index in [2.05, 4.69) is 20.6 Å². The second-order valence-electron chi connectivity index (χ2n) is 7.66. The molecule has 0 saturated heterocycles. The predicted octanol–water partition coefficient (Wildman–Crippen LogP) is 2.33. The van der Waals surface area contributed by atoms with Crippen LogP contribution in [0.3, 0.4) is 0 Å². The van der Waals surface area contributed by atoms with Crippen LogP contribution in [0.4, 0.5) is 5.69 Å². The first-order chi connectivity index (χ1) is 16.9. The van der Waals surface area contributed by atoms with Gasteiger partial charge >= 0.3 is 0 Å². The zero-order valence-electron chi connectivity index (χ0n) is 20.6. The minimum Gasteiger partial charge on any atom is -0.497 e. The van der Waals surface area contributed by atoms with E-state index in [1.807, 2.05) is 48.3 Å². The topological polar surface area (TPSA) is 118 Å². The van der Waals surface area contributed by atoms with E-state index >= 15 is 0 Å². The Hall–Kier alpha value is -4.05. The highest BCUT2D eigenvalue weighted by molar-refractivity contribution is 6.21. The van der Waals surface area contributed by atoms with Gasteiger partial charge in [-0.25, -0.2) is 4.98 Å².